The lowest BCUT2D eigenvalue weighted by Crippen LogP contribution is -2.55. The first kappa shape index (κ1) is 22.1. The summed E-state index contributed by atoms with van der Waals surface area (Å²) in [6.07, 6.45) is 3.81. The molecule has 4 rings (SSSR count). The van der Waals surface area contributed by atoms with E-state index in [0.29, 0.717) is 45.7 Å². The molecule has 8 heteroatoms. The maximum atomic E-state index is 13.1. The lowest BCUT2D eigenvalue weighted by Gasteiger charge is -2.37. The van der Waals surface area contributed by atoms with Gasteiger partial charge in [0.15, 0.2) is 5.76 Å². The summed E-state index contributed by atoms with van der Waals surface area (Å²) in [5, 5.41) is 3.00. The second-order valence-corrected chi connectivity index (χ2v) is 8.29. The van der Waals surface area contributed by atoms with Crippen molar-refractivity contribution in [2.75, 3.05) is 44.6 Å². The van der Waals surface area contributed by atoms with Crippen molar-refractivity contribution in [3.63, 3.8) is 0 Å². The second kappa shape index (κ2) is 9.99. The number of hydrogen-bond donors (Lipinski definition) is 1. The summed E-state index contributed by atoms with van der Waals surface area (Å²) < 4.78 is 5.23. The maximum absolute atomic E-state index is 13.1. The number of furan rings is 1. The Morgan fingerprint density at radius 2 is 1.81 bits per heavy atom. The minimum Gasteiger partial charge on any atom is -0.459 e. The van der Waals surface area contributed by atoms with Gasteiger partial charge in [-0.05, 0) is 43.0 Å². The van der Waals surface area contributed by atoms with Crippen molar-refractivity contribution in [3.8, 4) is 0 Å². The van der Waals surface area contributed by atoms with Gasteiger partial charge in [0.25, 0.3) is 5.91 Å². The van der Waals surface area contributed by atoms with Crippen LogP contribution in [0.1, 0.15) is 35.9 Å². The molecule has 1 aromatic heterocycles. The van der Waals surface area contributed by atoms with Gasteiger partial charge in [-0.15, -0.1) is 0 Å². The minimum atomic E-state index is -0.437. The van der Waals surface area contributed by atoms with Gasteiger partial charge in [-0.1, -0.05) is 25.1 Å². The Morgan fingerprint density at radius 3 is 2.53 bits per heavy atom. The summed E-state index contributed by atoms with van der Waals surface area (Å²) in [6.45, 7) is 5.30. The van der Waals surface area contributed by atoms with Gasteiger partial charge in [-0.25, -0.2) is 0 Å². The van der Waals surface area contributed by atoms with E-state index in [1.165, 1.54) is 6.26 Å². The number of benzene rings is 1. The number of para-hydroxylation sites is 1. The van der Waals surface area contributed by atoms with Gasteiger partial charge in [0.05, 0.1) is 12.8 Å². The van der Waals surface area contributed by atoms with E-state index in [1.54, 1.807) is 17.0 Å². The highest BCUT2D eigenvalue weighted by molar-refractivity contribution is 5.96. The molecule has 0 aliphatic carbocycles. The van der Waals surface area contributed by atoms with Crippen molar-refractivity contribution in [2.24, 2.45) is 0 Å². The van der Waals surface area contributed by atoms with E-state index in [2.05, 4.69) is 17.1 Å². The number of aryl methyl sites for hydroxylation is 1. The average molecular weight is 439 g/mol. The van der Waals surface area contributed by atoms with E-state index in [4.69, 9.17) is 4.42 Å². The molecule has 0 bridgehead atoms. The molecule has 3 amide bonds. The van der Waals surface area contributed by atoms with Gasteiger partial charge in [-0.2, -0.15) is 0 Å². The number of nitrogens with one attached hydrogen (secondary N) is 1. The molecule has 2 aliphatic heterocycles. The van der Waals surface area contributed by atoms with Gasteiger partial charge in [-0.3, -0.25) is 19.3 Å². The van der Waals surface area contributed by atoms with Crippen molar-refractivity contribution in [1.29, 1.82) is 0 Å². The highest BCUT2D eigenvalue weighted by atomic mass is 16.3. The van der Waals surface area contributed by atoms with E-state index in [-0.39, 0.29) is 23.5 Å². The summed E-state index contributed by atoms with van der Waals surface area (Å²) in [5.41, 5.74) is 1.97. The molecule has 170 valence electrons. The first-order valence-corrected chi connectivity index (χ1v) is 11.3. The molecular weight excluding hydrogens is 408 g/mol. The number of hydrogen-bond acceptors (Lipinski definition) is 5. The lowest BCUT2D eigenvalue weighted by molar-refractivity contribution is -0.137. The number of piperazine rings is 1. The zero-order valence-electron chi connectivity index (χ0n) is 18.5. The fraction of sp³-hybridized carbons (Fsp3) is 0.458. The smallest absolute Gasteiger partial charge is 0.290 e. The summed E-state index contributed by atoms with van der Waals surface area (Å²) in [6, 6.07) is 10.7. The van der Waals surface area contributed by atoms with Crippen LogP contribution in [0.25, 0.3) is 0 Å². The van der Waals surface area contributed by atoms with E-state index in [0.717, 1.165) is 24.1 Å². The molecule has 0 radical (unpaired) electrons. The van der Waals surface area contributed by atoms with Crippen LogP contribution in [0.5, 0.6) is 0 Å². The van der Waals surface area contributed by atoms with Gasteiger partial charge < -0.3 is 19.5 Å². The number of amides is 3. The predicted molar refractivity (Wildman–Crippen MR) is 120 cm³/mol. The van der Waals surface area contributed by atoms with E-state index < -0.39 is 6.04 Å². The molecule has 0 spiro atoms. The topological polar surface area (TPSA) is 86.1 Å². The normalized spacial score (nSPS) is 19.2. The Bertz CT molecular complexity index is 951. The SMILES string of the molecule is CCc1ccccc1NC(=O)CN1CCN(C(=O)C2CCCN2C(=O)c2ccco2)CC1. The van der Waals surface area contributed by atoms with Crippen LogP contribution in [0, 0.1) is 0 Å². The molecule has 0 saturated carbocycles. The van der Waals surface area contributed by atoms with E-state index in [9.17, 15) is 14.4 Å². The number of likely N-dealkylation sites (tertiary alicyclic amines) is 1. The summed E-state index contributed by atoms with van der Waals surface area (Å²) >= 11 is 0. The predicted octanol–water partition coefficient (Wildman–Crippen LogP) is 2.23. The molecule has 2 fully saturated rings. The first-order valence-electron chi connectivity index (χ1n) is 11.3. The standard InChI is InChI=1S/C24H30N4O4/c1-2-18-7-3-4-8-19(18)25-22(29)17-26-12-14-27(15-13-26)23(30)20-9-5-11-28(20)24(31)21-10-6-16-32-21/h3-4,6-8,10,16,20H,2,5,9,11-15,17H2,1H3,(H,25,29). The van der Waals surface area contributed by atoms with Gasteiger partial charge in [0.1, 0.15) is 6.04 Å². The van der Waals surface area contributed by atoms with Crippen LogP contribution < -0.4 is 5.32 Å². The number of carbonyl (C=O) groups is 3. The molecule has 2 saturated heterocycles. The maximum Gasteiger partial charge on any atom is 0.290 e. The van der Waals surface area contributed by atoms with Crippen molar-refractivity contribution < 1.29 is 18.8 Å². The molecule has 1 atom stereocenters. The third-order valence-electron chi connectivity index (χ3n) is 6.25. The quantitative estimate of drug-likeness (QED) is 0.748. The second-order valence-electron chi connectivity index (χ2n) is 8.29. The van der Waals surface area contributed by atoms with Crippen molar-refractivity contribution in [3.05, 3.63) is 54.0 Å². The number of rotatable bonds is 6. The van der Waals surface area contributed by atoms with Gasteiger partial charge in [0, 0.05) is 38.4 Å². The fourth-order valence-corrected chi connectivity index (χ4v) is 4.49. The van der Waals surface area contributed by atoms with Crippen LogP contribution in [0.4, 0.5) is 5.69 Å². The zero-order chi connectivity index (χ0) is 22.5. The highest BCUT2D eigenvalue weighted by Crippen LogP contribution is 2.23. The van der Waals surface area contributed by atoms with Crippen LogP contribution in [-0.2, 0) is 16.0 Å². The van der Waals surface area contributed by atoms with Gasteiger partial charge >= 0.3 is 0 Å². The third-order valence-corrected chi connectivity index (χ3v) is 6.25. The largest absolute Gasteiger partial charge is 0.459 e. The third kappa shape index (κ3) is 4.85. The Hall–Kier alpha value is -3.13. The van der Waals surface area contributed by atoms with Crippen LogP contribution in [0.15, 0.2) is 47.1 Å². The number of nitrogens with zero attached hydrogens (tertiary/aromatic N) is 3. The van der Waals surface area contributed by atoms with Crippen molar-refractivity contribution in [1.82, 2.24) is 14.7 Å². The van der Waals surface area contributed by atoms with Crippen molar-refractivity contribution in [2.45, 2.75) is 32.2 Å². The summed E-state index contributed by atoms with van der Waals surface area (Å²) in [4.78, 5) is 43.8. The first-order chi connectivity index (χ1) is 15.6. The molecule has 2 aromatic rings. The molecule has 1 N–H and O–H groups in total. The Labute approximate surface area is 188 Å². The van der Waals surface area contributed by atoms with Crippen LogP contribution in [0.3, 0.4) is 0 Å². The van der Waals surface area contributed by atoms with E-state index in [1.807, 2.05) is 29.2 Å². The monoisotopic (exact) mass is 438 g/mol. The Morgan fingerprint density at radius 1 is 1.03 bits per heavy atom. The lowest BCUT2D eigenvalue weighted by atomic mass is 10.1. The number of anilines is 1. The van der Waals surface area contributed by atoms with Crippen LogP contribution in [0.2, 0.25) is 0 Å². The summed E-state index contributed by atoms with van der Waals surface area (Å²) in [5.74, 6) is -0.0150. The fourth-order valence-electron chi connectivity index (χ4n) is 4.49. The Balaban J connectivity index is 1.28. The molecule has 2 aliphatic rings. The molecule has 32 heavy (non-hydrogen) atoms. The zero-order valence-corrected chi connectivity index (χ0v) is 18.5. The van der Waals surface area contributed by atoms with Gasteiger partial charge in [0.2, 0.25) is 11.8 Å². The molecule has 8 nitrogen and oxygen atoms in total. The van der Waals surface area contributed by atoms with Crippen LogP contribution >= 0.6 is 0 Å². The molecule has 3 heterocycles. The average Bonchev–Trinajstić information content (AvgIpc) is 3.51. The molecule has 1 aromatic carbocycles. The van der Waals surface area contributed by atoms with E-state index >= 15 is 0 Å². The molecular formula is C24H30N4O4. The van der Waals surface area contributed by atoms with Crippen molar-refractivity contribution >= 4 is 23.4 Å². The highest BCUT2D eigenvalue weighted by Gasteiger charge is 2.38. The minimum absolute atomic E-state index is 0.0108. The Kier molecular flexibility index (Phi) is 6.90. The molecule has 1 unspecified atom stereocenters. The van der Waals surface area contributed by atoms with Crippen LogP contribution in [-0.4, -0.2) is 77.7 Å². The summed E-state index contributed by atoms with van der Waals surface area (Å²) in [7, 11) is 0. The number of carbonyl (C=O) groups excluding carboxylic acids is 3.